The molecule has 3 aromatic heterocycles. The fourth-order valence-electron chi connectivity index (χ4n) is 11.4. The van der Waals surface area contributed by atoms with Crippen LogP contribution in [0.15, 0.2) is 206 Å². The van der Waals surface area contributed by atoms with Crippen LogP contribution in [0.3, 0.4) is 0 Å². The molecular formula is C70H58N4O. The Hall–Kier alpha value is -8.80. The highest BCUT2D eigenvalue weighted by Crippen LogP contribution is 2.52. The lowest BCUT2D eigenvalue weighted by Gasteiger charge is -2.21. The summed E-state index contributed by atoms with van der Waals surface area (Å²) in [5.41, 5.74) is 21.7. The van der Waals surface area contributed by atoms with E-state index in [4.69, 9.17) is 9.72 Å². The molecule has 0 fully saturated rings. The van der Waals surface area contributed by atoms with Gasteiger partial charge >= 0.3 is 0 Å². The highest BCUT2D eigenvalue weighted by Gasteiger charge is 2.30. The smallest absolute Gasteiger partial charge is 0.269 e. The topological polar surface area (TPSA) is 35.9 Å². The minimum atomic E-state index is -0.0818. The highest BCUT2D eigenvalue weighted by atomic mass is 16.5. The first-order valence-electron chi connectivity index (χ1n) is 26.1. The van der Waals surface area contributed by atoms with Gasteiger partial charge in [0.1, 0.15) is 17.3 Å². The van der Waals surface area contributed by atoms with E-state index in [0.29, 0.717) is 0 Å². The van der Waals surface area contributed by atoms with Gasteiger partial charge in [-0.3, -0.25) is 13.7 Å². The molecule has 0 N–H and O–H groups in total. The van der Waals surface area contributed by atoms with Crippen LogP contribution in [0.5, 0.6) is 11.5 Å². The number of hydrogen-bond donors (Lipinski definition) is 0. The Balaban J connectivity index is 0.985. The van der Waals surface area contributed by atoms with Crippen molar-refractivity contribution in [2.45, 2.75) is 66.2 Å². The molecule has 5 nitrogen and oxygen atoms in total. The number of aromatic nitrogens is 4. The zero-order valence-electron chi connectivity index (χ0n) is 43.8. The van der Waals surface area contributed by atoms with Crippen molar-refractivity contribution in [3.8, 4) is 84.5 Å². The van der Waals surface area contributed by atoms with Crippen LogP contribution in [-0.4, -0.2) is 14.1 Å². The molecule has 0 saturated heterocycles. The Labute approximate surface area is 439 Å². The van der Waals surface area contributed by atoms with Gasteiger partial charge in [-0.2, -0.15) is 0 Å². The maximum absolute atomic E-state index is 7.03. The van der Waals surface area contributed by atoms with Crippen molar-refractivity contribution < 1.29 is 9.30 Å². The molecule has 0 radical (unpaired) electrons. The number of aryl methyl sites for hydroxylation is 2. The van der Waals surface area contributed by atoms with E-state index < -0.39 is 0 Å². The first-order valence-corrected chi connectivity index (χ1v) is 26.1. The van der Waals surface area contributed by atoms with Crippen LogP contribution in [0.4, 0.5) is 0 Å². The fourth-order valence-corrected chi connectivity index (χ4v) is 11.4. The van der Waals surface area contributed by atoms with Crippen molar-refractivity contribution in [2.24, 2.45) is 0 Å². The summed E-state index contributed by atoms with van der Waals surface area (Å²) in [4.78, 5) is 5.15. The van der Waals surface area contributed by atoms with Crippen LogP contribution in [-0.2, 0) is 10.8 Å². The Morgan fingerprint density at radius 1 is 0.493 bits per heavy atom. The molecule has 13 rings (SSSR count). The van der Waals surface area contributed by atoms with Crippen molar-refractivity contribution in [2.75, 3.05) is 0 Å². The Morgan fingerprint density at radius 2 is 1.12 bits per heavy atom. The van der Waals surface area contributed by atoms with Gasteiger partial charge in [0.15, 0.2) is 0 Å². The van der Waals surface area contributed by atoms with Crippen molar-refractivity contribution in [1.29, 1.82) is 0 Å². The number of ether oxygens (including phenoxy) is 1. The summed E-state index contributed by atoms with van der Waals surface area (Å²) in [6.45, 7) is 18.0. The maximum atomic E-state index is 7.03. The lowest BCUT2D eigenvalue weighted by atomic mass is 9.85. The van der Waals surface area contributed by atoms with Gasteiger partial charge in [-0.05, 0) is 140 Å². The van der Waals surface area contributed by atoms with Gasteiger partial charge in [0.2, 0.25) is 0 Å². The van der Waals surface area contributed by atoms with Crippen molar-refractivity contribution in [3.05, 3.63) is 235 Å². The van der Waals surface area contributed by atoms with E-state index in [-0.39, 0.29) is 10.8 Å². The third-order valence-electron chi connectivity index (χ3n) is 15.4. The van der Waals surface area contributed by atoms with Crippen molar-refractivity contribution in [1.82, 2.24) is 14.1 Å². The Bertz CT molecular complexity index is 4250. The zero-order valence-corrected chi connectivity index (χ0v) is 43.8. The number of rotatable bonds is 7. The van der Waals surface area contributed by atoms with E-state index in [1.165, 1.54) is 66.4 Å². The van der Waals surface area contributed by atoms with Crippen molar-refractivity contribution >= 4 is 32.7 Å². The first kappa shape index (κ1) is 46.0. The summed E-state index contributed by atoms with van der Waals surface area (Å²) in [5.74, 6) is 2.32. The second kappa shape index (κ2) is 17.4. The predicted octanol–water partition coefficient (Wildman–Crippen LogP) is 17.9. The standard InChI is InChI=1S/C70H58N4O/c1-44-37-62-63(38-45(44)2)73(67-54(46-19-10-9-11-20-46)29-18-30-55(67)48-23-14-24-49(39-48)69(3,4)5)43-72(62)51-25-17-26-52(41-51)75-53-33-34-59-61(42-53)74(64-40-50(35-36-71-64)70(6,7)8)68-58-28-13-12-27-56(58)57-31-15-21-47-22-16-32-60(65(47)57)66(59)68/h9-42H,1-8H3. The number of hydrogen-bond acceptors (Lipinski definition) is 2. The fraction of sp³-hybridized carbons (Fsp3) is 0.143. The zero-order chi connectivity index (χ0) is 51.3. The van der Waals surface area contributed by atoms with E-state index in [2.05, 4.69) is 270 Å². The van der Waals surface area contributed by atoms with Crippen LogP contribution in [0.1, 0.15) is 63.8 Å². The normalized spacial score (nSPS) is 12.3. The molecule has 5 heteroatoms. The van der Waals surface area contributed by atoms with E-state index in [1.54, 1.807) is 0 Å². The monoisotopic (exact) mass is 970 g/mol. The molecule has 0 aliphatic heterocycles. The van der Waals surface area contributed by atoms with Crippen LogP contribution < -0.4 is 9.30 Å². The van der Waals surface area contributed by atoms with Gasteiger partial charge in [-0.25, -0.2) is 4.98 Å². The van der Waals surface area contributed by atoms with Gasteiger partial charge in [0.05, 0.1) is 33.6 Å². The molecule has 0 bridgehead atoms. The molecule has 12 aromatic rings. The summed E-state index contributed by atoms with van der Waals surface area (Å²) in [6, 6.07) is 72.6. The molecule has 1 aliphatic carbocycles. The molecule has 0 spiro atoms. The lowest BCUT2D eigenvalue weighted by molar-refractivity contribution is -0.571. The predicted molar refractivity (Wildman–Crippen MR) is 310 cm³/mol. The Kier molecular flexibility index (Phi) is 10.7. The minimum absolute atomic E-state index is 0.0112. The molecule has 75 heavy (non-hydrogen) atoms. The first-order chi connectivity index (χ1) is 36.3. The number of benzene rings is 9. The van der Waals surface area contributed by atoms with E-state index in [0.717, 1.165) is 73.0 Å². The van der Waals surface area contributed by atoms with Gasteiger partial charge in [0, 0.05) is 28.8 Å². The quantitative estimate of drug-likeness (QED) is 0.118. The van der Waals surface area contributed by atoms with Gasteiger partial charge < -0.3 is 4.74 Å². The van der Waals surface area contributed by atoms with E-state index in [1.807, 2.05) is 12.3 Å². The molecule has 3 heterocycles. The number of pyridine rings is 1. The molecule has 9 aromatic carbocycles. The van der Waals surface area contributed by atoms with Crippen LogP contribution in [0, 0.1) is 20.2 Å². The second-order valence-corrected chi connectivity index (χ2v) is 22.3. The summed E-state index contributed by atoms with van der Waals surface area (Å²) >= 11 is 0. The highest BCUT2D eigenvalue weighted by molar-refractivity contribution is 6.19. The third kappa shape index (κ3) is 7.76. The lowest BCUT2D eigenvalue weighted by Crippen LogP contribution is -2.31. The van der Waals surface area contributed by atoms with E-state index >= 15 is 0 Å². The summed E-state index contributed by atoms with van der Waals surface area (Å²) < 4.78 is 13.9. The van der Waals surface area contributed by atoms with Gasteiger partial charge in [0.25, 0.3) is 6.33 Å². The average molecular weight is 971 g/mol. The molecule has 0 atom stereocenters. The molecule has 0 amide bonds. The summed E-state index contributed by atoms with van der Waals surface area (Å²) in [7, 11) is 0. The largest absolute Gasteiger partial charge is 0.458 e. The molecule has 0 unspecified atom stereocenters. The summed E-state index contributed by atoms with van der Waals surface area (Å²) in [6.07, 6.45) is 5.88. The van der Waals surface area contributed by atoms with Gasteiger partial charge in [-0.15, -0.1) is 0 Å². The molecule has 364 valence electrons. The number of fused-ring (bicyclic) bond motifs is 8. The average Bonchev–Trinajstić information content (AvgIpc) is 3.94. The Morgan fingerprint density at radius 3 is 1.91 bits per heavy atom. The molecule has 1 aliphatic rings. The molecular weight excluding hydrogens is 913 g/mol. The van der Waals surface area contributed by atoms with Gasteiger partial charge in [-0.1, -0.05) is 192 Å². The maximum Gasteiger partial charge on any atom is 0.269 e. The number of nitrogens with zero attached hydrogens (tertiary/aromatic N) is 4. The van der Waals surface area contributed by atoms with Crippen molar-refractivity contribution in [3.63, 3.8) is 0 Å². The second-order valence-electron chi connectivity index (χ2n) is 22.3. The molecule has 0 saturated carbocycles. The third-order valence-corrected chi connectivity index (χ3v) is 15.4. The van der Waals surface area contributed by atoms with E-state index in [9.17, 15) is 0 Å². The van der Waals surface area contributed by atoms with Crippen LogP contribution in [0.25, 0.3) is 106 Å². The number of para-hydroxylation sites is 1. The minimum Gasteiger partial charge on any atom is -0.458 e. The number of imidazole rings is 1. The SMILES string of the molecule is Cc1cc2c(cc1C)[n+](-c1c(-c3ccccc3)cccc1-c1cccc(C(C)(C)C)c1)[c-]n2-c1cccc(Oc2ccc3c4c(n(-c5cc(C(C)(C)C)ccn5)c3c2)-c2ccccc2-c2cccc3cccc-4c23)c1. The van der Waals surface area contributed by atoms with Crippen LogP contribution >= 0.6 is 0 Å². The summed E-state index contributed by atoms with van der Waals surface area (Å²) in [5, 5.41) is 3.61. The van der Waals surface area contributed by atoms with Crippen LogP contribution in [0.2, 0.25) is 0 Å².